The van der Waals surface area contributed by atoms with Crippen molar-refractivity contribution in [2.75, 3.05) is 14.2 Å². The second-order valence-corrected chi connectivity index (χ2v) is 5.56. The van der Waals surface area contributed by atoms with Crippen LogP contribution in [0.2, 0.25) is 5.02 Å². The predicted molar refractivity (Wildman–Crippen MR) is 92.2 cm³/mol. The molecule has 2 heterocycles. The molecule has 0 bridgehead atoms. The van der Waals surface area contributed by atoms with E-state index in [0.29, 0.717) is 27.8 Å². The Kier molecular flexibility index (Phi) is 4.74. The first kappa shape index (κ1) is 16.4. The lowest BCUT2D eigenvalue weighted by Gasteiger charge is -2.19. The van der Waals surface area contributed by atoms with E-state index >= 15 is 0 Å². The van der Waals surface area contributed by atoms with Crippen molar-refractivity contribution in [1.29, 1.82) is 0 Å². The number of aromatic nitrogens is 2. The minimum Gasteiger partial charge on any atom is -0.493 e. The summed E-state index contributed by atoms with van der Waals surface area (Å²) in [5.41, 5.74) is 1.80. The zero-order valence-corrected chi connectivity index (χ0v) is 14.1. The fourth-order valence-corrected chi connectivity index (χ4v) is 2.81. The fraction of sp³-hybridized carbons (Fsp3) is 0.167. The Morgan fingerprint density at radius 1 is 1.12 bits per heavy atom. The van der Waals surface area contributed by atoms with Gasteiger partial charge in [-0.25, -0.2) is 0 Å². The Balaban J connectivity index is 2.15. The molecule has 0 radical (unpaired) electrons. The molecule has 3 rings (SSSR count). The number of nitrogens with zero attached hydrogens (tertiary/aromatic N) is 2. The van der Waals surface area contributed by atoms with Gasteiger partial charge < -0.3 is 19.1 Å². The van der Waals surface area contributed by atoms with Gasteiger partial charge in [0.15, 0.2) is 11.5 Å². The highest BCUT2D eigenvalue weighted by Crippen LogP contribution is 2.37. The van der Waals surface area contributed by atoms with E-state index in [1.165, 1.54) is 7.11 Å². The summed E-state index contributed by atoms with van der Waals surface area (Å²) in [4.78, 5) is 4.28. The van der Waals surface area contributed by atoms with Crippen LogP contribution < -0.4 is 9.47 Å². The van der Waals surface area contributed by atoms with E-state index in [2.05, 4.69) is 4.98 Å². The summed E-state index contributed by atoms with van der Waals surface area (Å²) in [6, 6.07) is 10.9. The normalized spacial score (nSPS) is 12.0. The summed E-state index contributed by atoms with van der Waals surface area (Å²) in [6.45, 7) is 0. The van der Waals surface area contributed by atoms with Crippen LogP contribution >= 0.6 is 11.6 Å². The predicted octanol–water partition coefficient (Wildman–Crippen LogP) is 3.62. The number of pyridine rings is 1. The van der Waals surface area contributed by atoms with E-state index < -0.39 is 6.10 Å². The van der Waals surface area contributed by atoms with Crippen LogP contribution in [0.15, 0.2) is 55.0 Å². The standard InChI is InChI=1S/C18H17ClN2O3/c1-23-15-7-8-20-16(18(15)24-2)17(22)13-11-12(19)5-6-14(13)21-9-3-4-10-21/h3-11,17,22H,1-2H3. The van der Waals surface area contributed by atoms with Gasteiger partial charge in [0.2, 0.25) is 0 Å². The first-order valence-electron chi connectivity index (χ1n) is 7.33. The molecule has 0 amide bonds. The summed E-state index contributed by atoms with van der Waals surface area (Å²) in [5.74, 6) is 0.900. The van der Waals surface area contributed by atoms with Gasteiger partial charge in [-0.05, 0) is 30.3 Å². The van der Waals surface area contributed by atoms with E-state index in [0.717, 1.165) is 5.69 Å². The molecule has 0 saturated carbocycles. The first-order valence-corrected chi connectivity index (χ1v) is 7.71. The third-order valence-corrected chi connectivity index (χ3v) is 3.98. The van der Waals surface area contributed by atoms with E-state index in [4.69, 9.17) is 21.1 Å². The number of halogens is 1. The van der Waals surface area contributed by atoms with Crippen LogP contribution in [0.3, 0.4) is 0 Å². The molecular formula is C18H17ClN2O3. The van der Waals surface area contributed by atoms with Crippen molar-refractivity contribution >= 4 is 11.6 Å². The van der Waals surface area contributed by atoms with Crippen molar-refractivity contribution < 1.29 is 14.6 Å². The minimum atomic E-state index is -1.02. The molecule has 0 aliphatic carbocycles. The second kappa shape index (κ2) is 6.95. The molecule has 24 heavy (non-hydrogen) atoms. The zero-order valence-electron chi connectivity index (χ0n) is 13.3. The van der Waals surface area contributed by atoms with E-state index in [1.807, 2.05) is 35.2 Å². The van der Waals surface area contributed by atoms with Crippen molar-refractivity contribution in [2.24, 2.45) is 0 Å². The van der Waals surface area contributed by atoms with Crippen LogP contribution in [-0.4, -0.2) is 28.9 Å². The molecule has 124 valence electrons. The number of aliphatic hydroxyl groups excluding tert-OH is 1. The Labute approximate surface area is 145 Å². The minimum absolute atomic E-state index is 0.368. The number of ether oxygens (including phenoxy) is 2. The van der Waals surface area contributed by atoms with Crippen LogP contribution in [-0.2, 0) is 0 Å². The molecule has 0 aliphatic rings. The number of rotatable bonds is 5. The van der Waals surface area contributed by atoms with Crippen LogP contribution in [0, 0.1) is 0 Å². The van der Waals surface area contributed by atoms with Gasteiger partial charge in [-0.1, -0.05) is 11.6 Å². The summed E-state index contributed by atoms with van der Waals surface area (Å²) in [7, 11) is 3.05. The van der Waals surface area contributed by atoms with Gasteiger partial charge in [-0.15, -0.1) is 0 Å². The molecule has 0 aliphatic heterocycles. The Bertz CT molecular complexity index is 834. The van der Waals surface area contributed by atoms with Crippen molar-refractivity contribution in [3.8, 4) is 17.2 Å². The fourth-order valence-electron chi connectivity index (χ4n) is 2.63. The molecule has 1 unspecified atom stereocenters. The number of benzene rings is 1. The van der Waals surface area contributed by atoms with Gasteiger partial charge in [-0.3, -0.25) is 4.98 Å². The van der Waals surface area contributed by atoms with Crippen molar-refractivity contribution in [2.45, 2.75) is 6.10 Å². The van der Waals surface area contributed by atoms with Crippen LogP contribution in [0.1, 0.15) is 17.4 Å². The highest BCUT2D eigenvalue weighted by Gasteiger charge is 2.23. The lowest BCUT2D eigenvalue weighted by Crippen LogP contribution is -2.09. The van der Waals surface area contributed by atoms with Crippen LogP contribution in [0.5, 0.6) is 11.5 Å². The average molecular weight is 345 g/mol. The quantitative estimate of drug-likeness (QED) is 0.768. The van der Waals surface area contributed by atoms with Gasteiger partial charge in [-0.2, -0.15) is 0 Å². The summed E-state index contributed by atoms with van der Waals surface area (Å²) in [5, 5.41) is 11.5. The summed E-state index contributed by atoms with van der Waals surface area (Å²) in [6.07, 6.45) is 4.34. The molecular weight excluding hydrogens is 328 g/mol. The van der Waals surface area contributed by atoms with Gasteiger partial charge in [0.1, 0.15) is 11.8 Å². The maximum Gasteiger partial charge on any atom is 0.185 e. The number of aliphatic hydroxyl groups is 1. The highest BCUT2D eigenvalue weighted by molar-refractivity contribution is 6.30. The topological polar surface area (TPSA) is 56.5 Å². The third-order valence-electron chi connectivity index (χ3n) is 3.75. The monoisotopic (exact) mass is 344 g/mol. The molecule has 6 heteroatoms. The highest BCUT2D eigenvalue weighted by atomic mass is 35.5. The molecule has 1 N–H and O–H groups in total. The van der Waals surface area contributed by atoms with Gasteiger partial charge in [0.25, 0.3) is 0 Å². The largest absolute Gasteiger partial charge is 0.493 e. The SMILES string of the molecule is COc1ccnc(C(O)c2cc(Cl)ccc2-n2cccc2)c1OC. The number of methoxy groups -OCH3 is 2. The van der Waals surface area contributed by atoms with Crippen LogP contribution in [0.25, 0.3) is 5.69 Å². The number of hydrogen-bond acceptors (Lipinski definition) is 4. The van der Waals surface area contributed by atoms with Gasteiger partial charge in [0.05, 0.1) is 19.9 Å². The van der Waals surface area contributed by atoms with Crippen molar-refractivity contribution in [1.82, 2.24) is 9.55 Å². The maximum atomic E-state index is 11.0. The molecule has 1 atom stereocenters. The summed E-state index contributed by atoms with van der Waals surface area (Å²) >= 11 is 6.15. The van der Waals surface area contributed by atoms with Crippen LogP contribution in [0.4, 0.5) is 0 Å². The van der Waals surface area contributed by atoms with E-state index in [1.54, 1.807) is 31.5 Å². The maximum absolute atomic E-state index is 11.0. The van der Waals surface area contributed by atoms with Gasteiger partial charge in [0, 0.05) is 35.2 Å². The second-order valence-electron chi connectivity index (χ2n) is 5.13. The summed E-state index contributed by atoms with van der Waals surface area (Å²) < 4.78 is 12.6. The molecule has 0 saturated heterocycles. The molecule has 3 aromatic rings. The lowest BCUT2D eigenvalue weighted by molar-refractivity contribution is 0.207. The Morgan fingerprint density at radius 2 is 1.88 bits per heavy atom. The van der Waals surface area contributed by atoms with E-state index in [9.17, 15) is 5.11 Å². The zero-order chi connectivity index (χ0) is 17.1. The molecule has 0 spiro atoms. The van der Waals surface area contributed by atoms with Gasteiger partial charge >= 0.3 is 0 Å². The van der Waals surface area contributed by atoms with Crippen molar-refractivity contribution in [3.05, 3.63) is 71.3 Å². The Hall–Kier alpha value is -2.50. The molecule has 0 fully saturated rings. The smallest absolute Gasteiger partial charge is 0.185 e. The lowest BCUT2D eigenvalue weighted by atomic mass is 10.0. The number of hydrogen-bond donors (Lipinski definition) is 1. The Morgan fingerprint density at radius 3 is 2.54 bits per heavy atom. The van der Waals surface area contributed by atoms with Crippen molar-refractivity contribution in [3.63, 3.8) is 0 Å². The molecule has 1 aromatic carbocycles. The average Bonchev–Trinajstić information content (AvgIpc) is 3.14. The first-order chi connectivity index (χ1) is 11.7. The molecule has 2 aromatic heterocycles. The van der Waals surface area contributed by atoms with E-state index in [-0.39, 0.29) is 0 Å². The molecule has 5 nitrogen and oxygen atoms in total. The third kappa shape index (κ3) is 2.96.